The van der Waals surface area contributed by atoms with Gasteiger partial charge in [-0.15, -0.1) is 0 Å². The molecule has 0 aromatic heterocycles. The second-order valence-electron chi connectivity index (χ2n) is 5.13. The molecular formula is C11H21NO3. The maximum atomic E-state index is 11.4. The molecule has 0 aromatic carbocycles. The summed E-state index contributed by atoms with van der Waals surface area (Å²) in [4.78, 5) is 11.4. The minimum atomic E-state index is -0.308. The summed E-state index contributed by atoms with van der Waals surface area (Å²) in [5.41, 5.74) is 0.0920. The fourth-order valence-corrected chi connectivity index (χ4v) is 1.32. The van der Waals surface area contributed by atoms with E-state index in [1.54, 1.807) is 0 Å². The van der Waals surface area contributed by atoms with Crippen LogP contribution in [0.3, 0.4) is 0 Å². The zero-order valence-corrected chi connectivity index (χ0v) is 9.84. The molecule has 1 N–H and O–H groups in total. The summed E-state index contributed by atoms with van der Waals surface area (Å²) >= 11 is 0. The zero-order chi connectivity index (χ0) is 11.3. The molecule has 88 valence electrons. The second-order valence-corrected chi connectivity index (χ2v) is 5.13. The number of hydrogen-bond acceptors (Lipinski definition) is 3. The first-order valence-electron chi connectivity index (χ1n) is 5.49. The van der Waals surface area contributed by atoms with E-state index >= 15 is 0 Å². The van der Waals surface area contributed by atoms with Crippen LogP contribution in [0.1, 0.15) is 33.6 Å². The SMILES string of the molecule is CC(C)(C)CNC(=O)OC1CCOCC1. The Morgan fingerprint density at radius 3 is 2.53 bits per heavy atom. The second kappa shape index (κ2) is 5.35. The molecule has 0 aliphatic carbocycles. The third-order valence-corrected chi connectivity index (χ3v) is 2.21. The molecule has 0 atom stereocenters. The molecule has 1 saturated heterocycles. The van der Waals surface area contributed by atoms with Gasteiger partial charge >= 0.3 is 6.09 Å². The molecular weight excluding hydrogens is 194 g/mol. The van der Waals surface area contributed by atoms with Crippen molar-refractivity contribution in [3.8, 4) is 0 Å². The summed E-state index contributed by atoms with van der Waals surface area (Å²) in [6, 6.07) is 0. The first-order valence-corrected chi connectivity index (χ1v) is 5.49. The van der Waals surface area contributed by atoms with Gasteiger partial charge in [-0.1, -0.05) is 20.8 Å². The topological polar surface area (TPSA) is 47.6 Å². The Hall–Kier alpha value is -0.770. The van der Waals surface area contributed by atoms with Crippen LogP contribution in [0.4, 0.5) is 4.79 Å². The number of ether oxygens (including phenoxy) is 2. The number of amides is 1. The van der Waals surface area contributed by atoms with E-state index in [0.717, 1.165) is 12.8 Å². The van der Waals surface area contributed by atoms with Crippen LogP contribution in [0.25, 0.3) is 0 Å². The van der Waals surface area contributed by atoms with Crippen molar-refractivity contribution in [2.75, 3.05) is 19.8 Å². The van der Waals surface area contributed by atoms with Gasteiger partial charge in [0.2, 0.25) is 0 Å². The van der Waals surface area contributed by atoms with E-state index in [1.165, 1.54) is 0 Å². The van der Waals surface area contributed by atoms with Crippen LogP contribution in [0.2, 0.25) is 0 Å². The Labute approximate surface area is 91.3 Å². The molecule has 1 rings (SSSR count). The Balaban J connectivity index is 2.17. The predicted octanol–water partition coefficient (Wildman–Crippen LogP) is 1.94. The molecule has 0 aromatic rings. The third kappa shape index (κ3) is 5.62. The lowest BCUT2D eigenvalue weighted by Crippen LogP contribution is -2.36. The maximum Gasteiger partial charge on any atom is 0.407 e. The molecule has 15 heavy (non-hydrogen) atoms. The summed E-state index contributed by atoms with van der Waals surface area (Å²) in [7, 11) is 0. The lowest BCUT2D eigenvalue weighted by molar-refractivity contribution is 0.00108. The molecule has 0 spiro atoms. The van der Waals surface area contributed by atoms with Gasteiger partial charge in [0, 0.05) is 19.4 Å². The van der Waals surface area contributed by atoms with Crippen LogP contribution in [0, 0.1) is 5.41 Å². The van der Waals surface area contributed by atoms with Crippen molar-refractivity contribution in [3.05, 3.63) is 0 Å². The summed E-state index contributed by atoms with van der Waals surface area (Å²) in [6.07, 6.45) is 1.34. The van der Waals surface area contributed by atoms with Gasteiger partial charge in [-0.25, -0.2) is 4.79 Å². The van der Waals surface area contributed by atoms with E-state index < -0.39 is 0 Å². The maximum absolute atomic E-state index is 11.4. The van der Waals surface area contributed by atoms with Crippen molar-refractivity contribution in [1.29, 1.82) is 0 Å². The average Bonchev–Trinajstić information content (AvgIpc) is 2.15. The van der Waals surface area contributed by atoms with Gasteiger partial charge in [-0.05, 0) is 5.41 Å². The van der Waals surface area contributed by atoms with Crippen LogP contribution in [0.5, 0.6) is 0 Å². The third-order valence-electron chi connectivity index (χ3n) is 2.21. The van der Waals surface area contributed by atoms with Crippen molar-refractivity contribution >= 4 is 6.09 Å². The van der Waals surface area contributed by atoms with Crippen LogP contribution in [-0.4, -0.2) is 32.0 Å². The molecule has 1 heterocycles. The first kappa shape index (κ1) is 12.3. The normalized spacial score (nSPS) is 18.6. The van der Waals surface area contributed by atoms with Gasteiger partial charge in [0.1, 0.15) is 6.10 Å². The molecule has 1 aliphatic rings. The van der Waals surface area contributed by atoms with E-state index in [-0.39, 0.29) is 17.6 Å². The number of carbonyl (C=O) groups is 1. The van der Waals surface area contributed by atoms with Crippen LogP contribution < -0.4 is 5.32 Å². The van der Waals surface area contributed by atoms with Gasteiger partial charge in [0.25, 0.3) is 0 Å². The molecule has 1 amide bonds. The fraction of sp³-hybridized carbons (Fsp3) is 0.909. The number of hydrogen-bond donors (Lipinski definition) is 1. The highest BCUT2D eigenvalue weighted by Crippen LogP contribution is 2.12. The highest BCUT2D eigenvalue weighted by Gasteiger charge is 2.19. The van der Waals surface area contributed by atoms with Gasteiger partial charge in [-0.2, -0.15) is 0 Å². The molecule has 0 radical (unpaired) electrons. The fourth-order valence-electron chi connectivity index (χ4n) is 1.32. The molecule has 1 aliphatic heterocycles. The molecule has 4 nitrogen and oxygen atoms in total. The van der Waals surface area contributed by atoms with Gasteiger partial charge in [-0.3, -0.25) is 0 Å². The molecule has 0 bridgehead atoms. The van der Waals surface area contributed by atoms with E-state index in [2.05, 4.69) is 26.1 Å². The van der Waals surface area contributed by atoms with Crippen LogP contribution in [0.15, 0.2) is 0 Å². The highest BCUT2D eigenvalue weighted by atomic mass is 16.6. The molecule has 0 saturated carbocycles. The van der Waals surface area contributed by atoms with E-state index in [9.17, 15) is 4.79 Å². The average molecular weight is 215 g/mol. The van der Waals surface area contributed by atoms with Crippen molar-refractivity contribution < 1.29 is 14.3 Å². The minimum absolute atomic E-state index is 0.0266. The largest absolute Gasteiger partial charge is 0.446 e. The summed E-state index contributed by atoms with van der Waals surface area (Å²) in [5, 5.41) is 2.77. The van der Waals surface area contributed by atoms with Crippen molar-refractivity contribution in [2.24, 2.45) is 5.41 Å². The van der Waals surface area contributed by atoms with Crippen molar-refractivity contribution in [1.82, 2.24) is 5.32 Å². The van der Waals surface area contributed by atoms with Crippen LogP contribution in [-0.2, 0) is 9.47 Å². The predicted molar refractivity (Wildman–Crippen MR) is 57.8 cm³/mol. The smallest absolute Gasteiger partial charge is 0.407 e. The van der Waals surface area contributed by atoms with E-state index in [0.29, 0.717) is 19.8 Å². The van der Waals surface area contributed by atoms with Gasteiger partial charge < -0.3 is 14.8 Å². The van der Waals surface area contributed by atoms with Gasteiger partial charge in [0.15, 0.2) is 0 Å². The quantitative estimate of drug-likeness (QED) is 0.765. The molecule has 1 fully saturated rings. The summed E-state index contributed by atoms with van der Waals surface area (Å²) < 4.78 is 10.4. The Kier molecular flexibility index (Phi) is 4.39. The van der Waals surface area contributed by atoms with Crippen molar-refractivity contribution in [2.45, 2.75) is 39.7 Å². The highest BCUT2D eigenvalue weighted by molar-refractivity contribution is 5.67. The van der Waals surface area contributed by atoms with Crippen LogP contribution >= 0.6 is 0 Å². The molecule has 0 unspecified atom stereocenters. The van der Waals surface area contributed by atoms with Gasteiger partial charge in [0.05, 0.1) is 13.2 Å². The Bertz CT molecular complexity index is 204. The monoisotopic (exact) mass is 215 g/mol. The zero-order valence-electron chi connectivity index (χ0n) is 9.84. The summed E-state index contributed by atoms with van der Waals surface area (Å²) in [6.45, 7) is 8.23. The van der Waals surface area contributed by atoms with E-state index in [4.69, 9.17) is 9.47 Å². The Morgan fingerprint density at radius 2 is 2.00 bits per heavy atom. The number of nitrogens with one attached hydrogen (secondary N) is 1. The number of rotatable bonds is 2. The summed E-state index contributed by atoms with van der Waals surface area (Å²) in [5.74, 6) is 0. The Morgan fingerprint density at radius 1 is 1.40 bits per heavy atom. The van der Waals surface area contributed by atoms with Crippen molar-refractivity contribution in [3.63, 3.8) is 0 Å². The standard InChI is InChI=1S/C11H21NO3/c1-11(2,3)8-12-10(13)15-9-4-6-14-7-5-9/h9H,4-8H2,1-3H3,(H,12,13). The number of carbonyl (C=O) groups excluding carboxylic acids is 1. The minimum Gasteiger partial charge on any atom is -0.446 e. The first-order chi connectivity index (χ1) is 6.97. The number of alkyl carbamates (subject to hydrolysis) is 1. The molecule has 4 heteroatoms. The lowest BCUT2D eigenvalue weighted by atomic mass is 9.97. The lowest BCUT2D eigenvalue weighted by Gasteiger charge is -2.24. The van der Waals surface area contributed by atoms with E-state index in [1.807, 2.05) is 0 Å².